The van der Waals surface area contributed by atoms with E-state index in [-0.39, 0.29) is 0 Å². The molecule has 1 N–H and O–H groups in total. The maximum Gasteiger partial charge on any atom is 0.250 e. The molecular formula is C16H24Br2N2O2. The van der Waals surface area contributed by atoms with Crippen molar-refractivity contribution in [2.45, 2.75) is 33.0 Å². The molecule has 1 aromatic rings. The third kappa shape index (κ3) is 4.60. The maximum atomic E-state index is 5.98. The lowest BCUT2D eigenvalue weighted by atomic mass is 10.2. The smallest absolute Gasteiger partial charge is 0.250 e. The molecule has 1 aliphatic rings. The Morgan fingerprint density at radius 3 is 2.09 bits per heavy atom. The molecule has 1 heterocycles. The molecule has 124 valence electrons. The molecule has 0 saturated heterocycles. The van der Waals surface area contributed by atoms with E-state index in [9.17, 15) is 0 Å². The molecular weight excluding hydrogens is 412 g/mol. The van der Waals surface area contributed by atoms with Crippen molar-refractivity contribution in [3.05, 3.63) is 21.1 Å². The summed E-state index contributed by atoms with van der Waals surface area (Å²) in [5, 5.41) is 3.47. The van der Waals surface area contributed by atoms with Gasteiger partial charge in [0.05, 0.1) is 0 Å². The lowest BCUT2D eigenvalue weighted by Gasteiger charge is -2.23. The molecule has 0 fully saturated rings. The predicted molar refractivity (Wildman–Crippen MR) is 96.8 cm³/mol. The summed E-state index contributed by atoms with van der Waals surface area (Å²) < 4.78 is 13.9. The third-order valence-electron chi connectivity index (χ3n) is 3.89. The fourth-order valence-corrected chi connectivity index (χ4v) is 3.12. The monoisotopic (exact) mass is 434 g/mol. The van der Waals surface area contributed by atoms with E-state index in [1.165, 1.54) is 0 Å². The molecule has 0 aliphatic carbocycles. The highest BCUT2D eigenvalue weighted by atomic mass is 79.9. The maximum absolute atomic E-state index is 5.98. The number of hydrogen-bond donors (Lipinski definition) is 1. The molecule has 0 atom stereocenters. The zero-order valence-electron chi connectivity index (χ0n) is 13.4. The molecule has 2 rings (SSSR count). The van der Waals surface area contributed by atoms with Crippen LogP contribution >= 0.6 is 31.9 Å². The van der Waals surface area contributed by atoms with Crippen LogP contribution in [0.4, 0.5) is 0 Å². The van der Waals surface area contributed by atoms with Crippen molar-refractivity contribution in [1.82, 2.24) is 10.2 Å². The fourth-order valence-electron chi connectivity index (χ4n) is 2.48. The van der Waals surface area contributed by atoms with Gasteiger partial charge in [0.2, 0.25) is 5.79 Å². The van der Waals surface area contributed by atoms with Crippen molar-refractivity contribution in [3.8, 4) is 11.5 Å². The Bertz CT molecular complexity index is 476. The second-order valence-electron chi connectivity index (χ2n) is 5.58. The highest BCUT2D eigenvalue weighted by Gasteiger charge is 2.36. The largest absolute Gasteiger partial charge is 0.449 e. The Morgan fingerprint density at radius 2 is 1.59 bits per heavy atom. The lowest BCUT2D eigenvalue weighted by molar-refractivity contribution is -0.0672. The van der Waals surface area contributed by atoms with E-state index in [2.05, 4.69) is 55.9 Å². The van der Waals surface area contributed by atoms with Gasteiger partial charge >= 0.3 is 0 Å². The average Bonchev–Trinajstić information content (AvgIpc) is 2.79. The Hall–Kier alpha value is -0.300. The first kappa shape index (κ1) is 18.0. The van der Waals surface area contributed by atoms with Gasteiger partial charge in [0.1, 0.15) is 0 Å². The summed E-state index contributed by atoms with van der Waals surface area (Å²) in [6.45, 7) is 11.5. The number of halogens is 2. The van der Waals surface area contributed by atoms with E-state index in [0.717, 1.165) is 59.6 Å². The van der Waals surface area contributed by atoms with Gasteiger partial charge < -0.3 is 19.7 Å². The molecule has 1 aliphatic heterocycles. The summed E-state index contributed by atoms with van der Waals surface area (Å²) in [5.41, 5.74) is 0. The summed E-state index contributed by atoms with van der Waals surface area (Å²) in [6, 6.07) is 3.89. The minimum absolute atomic E-state index is 0.592. The normalized spacial score (nSPS) is 15.5. The number of fused-ring (bicyclic) bond motifs is 1. The second kappa shape index (κ2) is 7.99. The van der Waals surface area contributed by atoms with Gasteiger partial charge in [-0.15, -0.1) is 0 Å². The molecule has 0 saturated carbocycles. The first-order valence-corrected chi connectivity index (χ1v) is 9.36. The molecule has 0 bridgehead atoms. The minimum atomic E-state index is -0.592. The van der Waals surface area contributed by atoms with Crippen LogP contribution in [-0.2, 0) is 0 Å². The molecule has 0 unspecified atom stereocenters. The Balaban J connectivity index is 1.77. The van der Waals surface area contributed by atoms with Crippen molar-refractivity contribution in [1.29, 1.82) is 0 Å². The van der Waals surface area contributed by atoms with Crippen LogP contribution in [0.3, 0.4) is 0 Å². The summed E-state index contributed by atoms with van der Waals surface area (Å²) in [5.74, 6) is 0.992. The third-order valence-corrected chi connectivity index (χ3v) is 5.74. The molecule has 6 heteroatoms. The van der Waals surface area contributed by atoms with Gasteiger partial charge in [0, 0.05) is 41.9 Å². The highest BCUT2D eigenvalue weighted by Crippen LogP contribution is 2.44. The summed E-state index contributed by atoms with van der Waals surface area (Å²) in [6.07, 6.45) is 0.801. The van der Waals surface area contributed by atoms with Crippen LogP contribution in [0, 0.1) is 0 Å². The standard InChI is InChI=1S/C16H24Br2N2O2/c1-4-20(5-2)9-8-19-7-6-16(3)21-14-10-12(17)13(18)11-15(14)22-16/h10-11,19H,4-9H2,1-3H3. The van der Waals surface area contributed by atoms with E-state index in [1.54, 1.807) is 0 Å². The van der Waals surface area contributed by atoms with Gasteiger partial charge in [-0.2, -0.15) is 0 Å². The van der Waals surface area contributed by atoms with E-state index in [1.807, 2.05) is 19.1 Å². The highest BCUT2D eigenvalue weighted by molar-refractivity contribution is 9.13. The van der Waals surface area contributed by atoms with E-state index in [0.29, 0.717) is 0 Å². The first-order valence-electron chi connectivity index (χ1n) is 7.77. The summed E-state index contributed by atoms with van der Waals surface area (Å²) in [7, 11) is 0. The summed E-state index contributed by atoms with van der Waals surface area (Å²) >= 11 is 6.97. The number of nitrogens with zero attached hydrogens (tertiary/aromatic N) is 1. The van der Waals surface area contributed by atoms with Gasteiger partial charge in [-0.05, 0) is 57.1 Å². The quantitative estimate of drug-likeness (QED) is 0.625. The van der Waals surface area contributed by atoms with Gasteiger partial charge in [-0.25, -0.2) is 0 Å². The van der Waals surface area contributed by atoms with Crippen LogP contribution in [-0.4, -0.2) is 43.4 Å². The van der Waals surface area contributed by atoms with Crippen molar-refractivity contribution in [2.24, 2.45) is 0 Å². The first-order chi connectivity index (χ1) is 10.5. The van der Waals surface area contributed by atoms with Crippen molar-refractivity contribution >= 4 is 31.9 Å². The van der Waals surface area contributed by atoms with Crippen molar-refractivity contribution < 1.29 is 9.47 Å². The molecule has 1 aromatic carbocycles. The number of ether oxygens (including phenoxy) is 2. The van der Waals surface area contributed by atoms with Gasteiger partial charge in [-0.1, -0.05) is 13.8 Å². The average molecular weight is 436 g/mol. The SMILES string of the molecule is CCN(CC)CCNCCC1(C)Oc2cc(Br)c(Br)cc2O1. The van der Waals surface area contributed by atoms with Crippen LogP contribution in [0.1, 0.15) is 27.2 Å². The molecule has 0 amide bonds. The second-order valence-corrected chi connectivity index (χ2v) is 7.29. The predicted octanol–water partition coefficient (Wildman–Crippen LogP) is 4.02. The lowest BCUT2D eigenvalue weighted by Crippen LogP contribution is -2.39. The topological polar surface area (TPSA) is 33.7 Å². The van der Waals surface area contributed by atoms with Crippen LogP contribution in [0.25, 0.3) is 0 Å². The van der Waals surface area contributed by atoms with E-state index < -0.39 is 5.79 Å². The fraction of sp³-hybridized carbons (Fsp3) is 0.625. The number of rotatable bonds is 8. The van der Waals surface area contributed by atoms with Gasteiger partial charge in [0.25, 0.3) is 0 Å². The van der Waals surface area contributed by atoms with Crippen LogP contribution in [0.2, 0.25) is 0 Å². The Labute approximate surface area is 149 Å². The number of hydrogen-bond acceptors (Lipinski definition) is 4. The molecule has 0 spiro atoms. The van der Waals surface area contributed by atoms with Crippen LogP contribution in [0.5, 0.6) is 11.5 Å². The molecule has 0 aromatic heterocycles. The van der Waals surface area contributed by atoms with Gasteiger partial charge in [0.15, 0.2) is 11.5 Å². The van der Waals surface area contributed by atoms with Crippen LogP contribution < -0.4 is 14.8 Å². The number of likely N-dealkylation sites (N-methyl/N-ethyl adjacent to an activating group) is 1. The van der Waals surface area contributed by atoms with E-state index in [4.69, 9.17) is 9.47 Å². The van der Waals surface area contributed by atoms with Crippen LogP contribution in [0.15, 0.2) is 21.1 Å². The van der Waals surface area contributed by atoms with Gasteiger partial charge in [-0.3, -0.25) is 0 Å². The molecule has 4 nitrogen and oxygen atoms in total. The zero-order valence-corrected chi connectivity index (χ0v) is 16.6. The van der Waals surface area contributed by atoms with Crippen molar-refractivity contribution in [3.63, 3.8) is 0 Å². The molecule has 0 radical (unpaired) electrons. The summed E-state index contributed by atoms with van der Waals surface area (Å²) in [4.78, 5) is 2.40. The number of nitrogens with one attached hydrogen (secondary N) is 1. The molecule has 22 heavy (non-hydrogen) atoms. The zero-order chi connectivity index (χ0) is 16.2. The minimum Gasteiger partial charge on any atom is -0.449 e. The number of benzene rings is 1. The van der Waals surface area contributed by atoms with E-state index >= 15 is 0 Å². The Morgan fingerprint density at radius 1 is 1.05 bits per heavy atom. The Kier molecular flexibility index (Phi) is 6.56. The van der Waals surface area contributed by atoms with Crippen molar-refractivity contribution in [2.75, 3.05) is 32.7 Å².